The Morgan fingerprint density at radius 1 is 1.07 bits per heavy atom. The molecule has 0 saturated carbocycles. The number of nitrogens with one attached hydrogen (secondary N) is 1. The minimum Gasteiger partial charge on any atom is -0.469 e. The molecule has 0 aliphatic rings. The molecular weight excluding hydrogens is 384 g/mol. The molecule has 2 heterocycles. The van der Waals surface area contributed by atoms with Crippen LogP contribution in [0.3, 0.4) is 0 Å². The number of ketones is 1. The predicted octanol–water partition coefficient (Wildman–Crippen LogP) is 3.51. The number of methoxy groups -OCH3 is 1. The Morgan fingerprint density at radius 2 is 1.83 bits per heavy atom. The van der Waals surface area contributed by atoms with Gasteiger partial charge in [0.15, 0.2) is 6.61 Å². The first-order valence-corrected chi connectivity index (χ1v) is 9.88. The smallest absolute Gasteiger partial charge is 0.307 e. The van der Waals surface area contributed by atoms with Gasteiger partial charge in [0.25, 0.3) is 0 Å². The van der Waals surface area contributed by atoms with Crippen LogP contribution >= 0.6 is 0 Å². The fraction of sp³-hybridized carbons (Fsp3) is 0.348. The van der Waals surface area contributed by atoms with Crippen molar-refractivity contribution in [3.8, 4) is 0 Å². The quantitative estimate of drug-likeness (QED) is 0.431. The number of hydrogen-bond acceptors (Lipinski definition) is 5. The highest BCUT2D eigenvalue weighted by Gasteiger charge is 2.18. The Hall–Kier alpha value is -3.35. The normalized spacial score (nSPS) is 10.9. The van der Waals surface area contributed by atoms with Crippen molar-refractivity contribution in [1.82, 2.24) is 9.55 Å². The number of hydrogen-bond donors (Lipinski definition) is 1. The van der Waals surface area contributed by atoms with Crippen LogP contribution in [0.5, 0.6) is 0 Å². The molecule has 0 spiro atoms. The molecule has 1 N–H and O–H groups in total. The summed E-state index contributed by atoms with van der Waals surface area (Å²) in [6, 6.07) is 9.66. The second-order valence-electron chi connectivity index (χ2n) is 7.21. The van der Waals surface area contributed by atoms with Crippen LogP contribution in [0.4, 0.5) is 0 Å². The Morgan fingerprint density at radius 3 is 2.60 bits per heavy atom. The van der Waals surface area contributed by atoms with Crippen molar-refractivity contribution >= 4 is 28.6 Å². The summed E-state index contributed by atoms with van der Waals surface area (Å²) in [4.78, 5) is 39.3. The van der Waals surface area contributed by atoms with Crippen LogP contribution < -0.4 is 0 Å². The molecule has 2 aromatic heterocycles. The third-order valence-corrected chi connectivity index (χ3v) is 5.28. The number of carbonyl (C=O) groups excluding carboxylic acids is 3. The van der Waals surface area contributed by atoms with E-state index in [9.17, 15) is 14.4 Å². The minimum atomic E-state index is -0.409. The average molecular weight is 410 g/mol. The molecule has 0 atom stereocenters. The van der Waals surface area contributed by atoms with Crippen LogP contribution in [-0.4, -0.2) is 41.0 Å². The third kappa shape index (κ3) is 4.79. The van der Waals surface area contributed by atoms with Crippen LogP contribution in [0.1, 0.15) is 40.2 Å². The maximum absolute atomic E-state index is 12.6. The van der Waals surface area contributed by atoms with E-state index < -0.39 is 5.97 Å². The fourth-order valence-corrected chi connectivity index (χ4v) is 3.60. The molecule has 30 heavy (non-hydrogen) atoms. The molecule has 0 bridgehead atoms. The highest BCUT2D eigenvalue weighted by molar-refractivity contribution is 5.99. The number of ether oxygens (including phenoxy) is 2. The zero-order chi connectivity index (χ0) is 21.7. The van der Waals surface area contributed by atoms with Gasteiger partial charge in [-0.05, 0) is 38.0 Å². The van der Waals surface area contributed by atoms with Crippen molar-refractivity contribution in [2.75, 3.05) is 13.7 Å². The van der Waals surface area contributed by atoms with E-state index in [1.165, 1.54) is 7.11 Å². The summed E-state index contributed by atoms with van der Waals surface area (Å²) in [5.41, 5.74) is 4.19. The lowest BCUT2D eigenvalue weighted by Crippen LogP contribution is -2.15. The molecule has 1 aromatic carbocycles. The summed E-state index contributed by atoms with van der Waals surface area (Å²) in [6.07, 6.45) is 2.86. The summed E-state index contributed by atoms with van der Waals surface area (Å²) in [6.45, 7) is 3.82. The summed E-state index contributed by atoms with van der Waals surface area (Å²) in [5.74, 6) is -0.972. The van der Waals surface area contributed by atoms with Crippen molar-refractivity contribution < 1.29 is 23.9 Å². The molecule has 0 aliphatic carbocycles. The first-order chi connectivity index (χ1) is 14.4. The van der Waals surface area contributed by atoms with E-state index in [0.29, 0.717) is 18.5 Å². The van der Waals surface area contributed by atoms with Gasteiger partial charge in [0.1, 0.15) is 0 Å². The van der Waals surface area contributed by atoms with Gasteiger partial charge in [-0.1, -0.05) is 18.2 Å². The molecule has 0 unspecified atom stereocenters. The number of Topliss-reactive ketones (excluding diaryl/α,β-unsaturated/α-hetero) is 1. The largest absolute Gasteiger partial charge is 0.469 e. The molecule has 0 radical (unpaired) electrons. The molecule has 3 rings (SSSR count). The zero-order valence-electron chi connectivity index (χ0n) is 17.5. The molecular formula is C23H26N2O5. The second-order valence-corrected chi connectivity index (χ2v) is 7.21. The van der Waals surface area contributed by atoms with E-state index in [0.717, 1.165) is 27.9 Å². The maximum Gasteiger partial charge on any atom is 0.307 e. The van der Waals surface area contributed by atoms with Gasteiger partial charge in [-0.2, -0.15) is 0 Å². The second kappa shape index (κ2) is 9.43. The number of esters is 2. The van der Waals surface area contributed by atoms with Gasteiger partial charge < -0.3 is 19.0 Å². The van der Waals surface area contributed by atoms with E-state index in [1.54, 1.807) is 6.07 Å². The van der Waals surface area contributed by atoms with E-state index in [1.807, 2.05) is 48.9 Å². The number of carbonyl (C=O) groups is 3. The Labute approximate surface area is 175 Å². The summed E-state index contributed by atoms with van der Waals surface area (Å²) in [7, 11) is 1.35. The number of H-pyrrole nitrogens is 1. The van der Waals surface area contributed by atoms with E-state index in [-0.39, 0.29) is 31.2 Å². The highest BCUT2D eigenvalue weighted by Crippen LogP contribution is 2.20. The lowest BCUT2D eigenvalue weighted by molar-refractivity contribution is -0.142. The number of nitrogens with zero attached hydrogens (tertiary/aromatic N) is 1. The number of aromatic amines is 1. The first-order valence-electron chi connectivity index (χ1n) is 9.88. The molecule has 0 fully saturated rings. The van der Waals surface area contributed by atoms with Gasteiger partial charge in [0, 0.05) is 47.0 Å². The van der Waals surface area contributed by atoms with E-state index >= 15 is 0 Å². The lowest BCUT2D eigenvalue weighted by Gasteiger charge is -2.09. The molecule has 158 valence electrons. The molecule has 7 nitrogen and oxygen atoms in total. The number of benzene rings is 1. The number of fused-ring (bicyclic) bond motifs is 1. The number of rotatable bonds is 9. The summed E-state index contributed by atoms with van der Waals surface area (Å²) >= 11 is 0. The topological polar surface area (TPSA) is 90.4 Å². The highest BCUT2D eigenvalue weighted by atomic mass is 16.5. The minimum absolute atomic E-state index is 0.202. The average Bonchev–Trinajstić information content (AvgIpc) is 3.29. The summed E-state index contributed by atoms with van der Waals surface area (Å²) in [5, 5.41) is 1.08. The fourth-order valence-electron chi connectivity index (χ4n) is 3.60. The standard InChI is InChI=1S/C23H26N2O5/c1-15-12-19(16(2)25(15)11-10-22(27)29-3)21(26)14-30-23(28)9-8-17-13-24-20-7-5-4-6-18(17)20/h4-7,12-13,24H,8-11,14H2,1-3H3. The first kappa shape index (κ1) is 21.4. The van der Waals surface area contributed by atoms with Crippen LogP contribution in [0, 0.1) is 13.8 Å². The molecule has 0 amide bonds. The van der Waals surface area contributed by atoms with Crippen molar-refractivity contribution in [3.63, 3.8) is 0 Å². The summed E-state index contributed by atoms with van der Waals surface area (Å²) < 4.78 is 11.8. The van der Waals surface area contributed by atoms with Crippen molar-refractivity contribution in [3.05, 3.63) is 59.0 Å². The van der Waals surface area contributed by atoms with Gasteiger partial charge in [0.05, 0.1) is 13.5 Å². The van der Waals surface area contributed by atoms with Gasteiger partial charge in [-0.3, -0.25) is 14.4 Å². The van der Waals surface area contributed by atoms with Crippen molar-refractivity contribution in [1.29, 1.82) is 0 Å². The van der Waals surface area contributed by atoms with E-state index in [2.05, 4.69) is 9.72 Å². The molecule has 0 saturated heterocycles. The van der Waals surface area contributed by atoms with Crippen molar-refractivity contribution in [2.45, 2.75) is 39.7 Å². The third-order valence-electron chi connectivity index (χ3n) is 5.28. The lowest BCUT2D eigenvalue weighted by atomic mass is 10.1. The van der Waals surface area contributed by atoms with Gasteiger partial charge in [-0.15, -0.1) is 0 Å². The molecule has 7 heteroatoms. The van der Waals surface area contributed by atoms with Crippen LogP contribution in [0.2, 0.25) is 0 Å². The monoisotopic (exact) mass is 410 g/mol. The van der Waals surface area contributed by atoms with Crippen LogP contribution in [-0.2, 0) is 32.0 Å². The number of aromatic nitrogens is 2. The zero-order valence-corrected chi connectivity index (χ0v) is 17.5. The van der Waals surface area contributed by atoms with Gasteiger partial charge in [-0.25, -0.2) is 0 Å². The van der Waals surface area contributed by atoms with Gasteiger partial charge in [0.2, 0.25) is 5.78 Å². The predicted molar refractivity (Wildman–Crippen MR) is 112 cm³/mol. The molecule has 0 aliphatic heterocycles. The van der Waals surface area contributed by atoms with Gasteiger partial charge >= 0.3 is 11.9 Å². The van der Waals surface area contributed by atoms with Crippen LogP contribution in [0.25, 0.3) is 10.9 Å². The SMILES string of the molecule is COC(=O)CCn1c(C)cc(C(=O)COC(=O)CCc2c[nH]c3ccccc23)c1C. The van der Waals surface area contributed by atoms with Crippen molar-refractivity contribution in [2.24, 2.45) is 0 Å². The maximum atomic E-state index is 12.6. The number of aryl methyl sites for hydroxylation is 2. The Balaban J connectivity index is 1.53. The Kier molecular flexibility index (Phi) is 6.72. The van der Waals surface area contributed by atoms with Crippen LogP contribution in [0.15, 0.2) is 36.5 Å². The Bertz CT molecular complexity index is 1080. The molecule has 3 aromatic rings. The number of para-hydroxylation sites is 1. The van der Waals surface area contributed by atoms with E-state index in [4.69, 9.17) is 4.74 Å².